The molecule has 0 aliphatic carbocycles. The molecule has 0 bridgehead atoms. The van der Waals surface area contributed by atoms with Crippen LogP contribution < -0.4 is 5.32 Å². The Morgan fingerprint density at radius 3 is 1.25 bits per heavy atom. The van der Waals surface area contributed by atoms with Crippen molar-refractivity contribution in [2.75, 3.05) is 19.8 Å². The van der Waals surface area contributed by atoms with E-state index in [4.69, 9.17) is 18.9 Å². The molecule has 2 rings (SSSR count). The monoisotopic (exact) mass is 1200 g/mol. The summed E-state index contributed by atoms with van der Waals surface area (Å²) in [4.78, 5) is 13.3. The molecule has 2 heterocycles. The maximum atomic E-state index is 13.3. The average Bonchev–Trinajstić information content (AvgIpc) is 3.70. The first-order valence-electron chi connectivity index (χ1n) is 34.7. The molecule has 9 N–H and O–H groups in total. The molecule has 2 aliphatic heterocycles. The van der Waals surface area contributed by atoms with Crippen LogP contribution in [0.15, 0.2) is 72.9 Å². The average molecular weight is 1200 g/mol. The zero-order valence-electron chi connectivity index (χ0n) is 53.6. The highest BCUT2D eigenvalue weighted by atomic mass is 16.7. The first-order valence-corrected chi connectivity index (χ1v) is 34.7. The molecule has 0 aromatic rings. The van der Waals surface area contributed by atoms with Crippen molar-refractivity contribution in [2.24, 2.45) is 0 Å². The van der Waals surface area contributed by atoms with Gasteiger partial charge in [0.25, 0.3) is 0 Å². The highest BCUT2D eigenvalue weighted by Crippen LogP contribution is 2.30. The van der Waals surface area contributed by atoms with Gasteiger partial charge >= 0.3 is 0 Å². The van der Waals surface area contributed by atoms with Crippen LogP contribution in [0.2, 0.25) is 0 Å². The summed E-state index contributed by atoms with van der Waals surface area (Å²) >= 11 is 0. The molecule has 12 atom stereocenters. The van der Waals surface area contributed by atoms with Crippen LogP contribution in [0.3, 0.4) is 0 Å². The van der Waals surface area contributed by atoms with E-state index < -0.39 is 86.8 Å². The Bertz CT molecular complexity index is 1700. The van der Waals surface area contributed by atoms with E-state index in [9.17, 15) is 45.6 Å². The lowest BCUT2D eigenvalue weighted by Crippen LogP contribution is -2.65. The summed E-state index contributed by atoms with van der Waals surface area (Å²) in [5, 5.41) is 87.3. The smallest absolute Gasteiger partial charge is 0.220 e. The number of rotatable bonds is 56. The van der Waals surface area contributed by atoms with Gasteiger partial charge in [0.1, 0.15) is 48.8 Å². The molecule has 0 radical (unpaired) electrons. The van der Waals surface area contributed by atoms with E-state index in [-0.39, 0.29) is 18.9 Å². The van der Waals surface area contributed by atoms with Crippen LogP contribution in [0.4, 0.5) is 0 Å². The summed E-state index contributed by atoms with van der Waals surface area (Å²) in [5.74, 6) is -0.237. The number of hydrogen-bond acceptors (Lipinski definition) is 13. The molecule has 0 saturated carbocycles. The lowest BCUT2D eigenvalue weighted by molar-refractivity contribution is -0.359. The fourth-order valence-electron chi connectivity index (χ4n) is 11.1. The van der Waals surface area contributed by atoms with E-state index in [0.717, 1.165) is 70.6 Å². The Morgan fingerprint density at radius 1 is 0.435 bits per heavy atom. The molecule has 0 aromatic heterocycles. The molecule has 0 aromatic carbocycles. The summed E-state index contributed by atoms with van der Waals surface area (Å²) in [7, 11) is 0. The van der Waals surface area contributed by atoms with Crippen molar-refractivity contribution in [2.45, 2.75) is 351 Å². The van der Waals surface area contributed by atoms with E-state index in [0.29, 0.717) is 6.42 Å². The quantitative estimate of drug-likeness (QED) is 0.0204. The van der Waals surface area contributed by atoms with Crippen LogP contribution in [0, 0.1) is 0 Å². The van der Waals surface area contributed by atoms with Crippen LogP contribution in [0.25, 0.3) is 0 Å². The lowest BCUT2D eigenvalue weighted by atomic mass is 9.97. The molecule has 1 amide bonds. The van der Waals surface area contributed by atoms with Gasteiger partial charge in [-0.15, -0.1) is 0 Å². The number of hydrogen-bond donors (Lipinski definition) is 9. The molecule has 2 saturated heterocycles. The normalized spacial score (nSPS) is 24.0. The SMILES string of the molecule is CC/C=C\C/C=C\C/C=C\C/C=C\C/C=C\CCCCCCCCCCCCCCCCCCCCCC(=O)NC(COC1OC(CO)C(OC2OC(CO)C(O)C(O)C2O)C(O)C1O)C(O)/C=C/CCCCCCCCCCCCCCCC. The number of nitrogens with one attached hydrogen (secondary N) is 1. The van der Waals surface area contributed by atoms with E-state index in [1.807, 2.05) is 6.08 Å². The third-order valence-corrected chi connectivity index (χ3v) is 16.6. The maximum absolute atomic E-state index is 13.3. The van der Waals surface area contributed by atoms with Crippen molar-refractivity contribution in [3.8, 4) is 0 Å². The second-order valence-corrected chi connectivity index (χ2v) is 24.3. The number of aliphatic hydroxyl groups excluding tert-OH is 8. The number of carbonyl (C=O) groups excluding carboxylic acids is 1. The first-order chi connectivity index (χ1) is 41.6. The third kappa shape index (κ3) is 39.9. The van der Waals surface area contributed by atoms with Gasteiger partial charge in [-0.05, 0) is 64.2 Å². The van der Waals surface area contributed by atoms with Crippen LogP contribution in [0.5, 0.6) is 0 Å². The van der Waals surface area contributed by atoms with Crippen molar-refractivity contribution < 1.29 is 64.6 Å². The fraction of sp³-hybridized carbons (Fsp3) is 0.817. The summed E-state index contributed by atoms with van der Waals surface area (Å²) in [6, 6.07) is -0.916. The second kappa shape index (κ2) is 55.5. The van der Waals surface area contributed by atoms with Gasteiger partial charge in [-0.25, -0.2) is 0 Å². The predicted molar refractivity (Wildman–Crippen MR) is 346 cm³/mol. The summed E-state index contributed by atoms with van der Waals surface area (Å²) < 4.78 is 22.8. The highest BCUT2D eigenvalue weighted by molar-refractivity contribution is 5.76. The highest BCUT2D eigenvalue weighted by Gasteiger charge is 2.51. The standard InChI is InChI=1S/C71H127NO13/c1-3-5-7-9-11-13-15-17-19-21-22-23-24-25-26-27-28-29-30-31-32-33-34-35-36-37-38-39-41-43-45-47-49-51-53-55-63(76)72-59(60(75)54-52-50-48-46-44-42-40-20-18-16-14-12-10-8-6-4-2)58-82-70-68(81)66(79)69(62(57-74)84-70)85-71-67(80)65(78)64(77)61(56-73)83-71/h5,7,11,13,17,19,22-23,25-26,52,54,59-62,64-71,73-75,77-81H,3-4,6,8-10,12,14-16,18,20-21,24,27-51,53,55-58H2,1-2H3,(H,72,76)/b7-5-,13-11-,19-17-,23-22-,26-25-,54-52+. The van der Waals surface area contributed by atoms with Gasteiger partial charge in [0.15, 0.2) is 12.6 Å². The van der Waals surface area contributed by atoms with Crippen LogP contribution in [-0.2, 0) is 23.7 Å². The van der Waals surface area contributed by atoms with Gasteiger partial charge in [0.05, 0.1) is 32.0 Å². The van der Waals surface area contributed by atoms with Crippen LogP contribution in [-0.4, -0.2) is 140 Å². The number of aliphatic hydroxyl groups is 8. The van der Waals surface area contributed by atoms with E-state index in [1.54, 1.807) is 6.08 Å². The fourth-order valence-corrected chi connectivity index (χ4v) is 11.1. The van der Waals surface area contributed by atoms with Gasteiger partial charge in [0.2, 0.25) is 5.91 Å². The Labute approximate surface area is 517 Å². The number of ether oxygens (including phenoxy) is 4. The molecular weight excluding hydrogens is 1070 g/mol. The molecule has 14 heteroatoms. The molecule has 2 aliphatic rings. The Balaban J connectivity index is 1.62. The molecule has 14 nitrogen and oxygen atoms in total. The van der Waals surface area contributed by atoms with Crippen molar-refractivity contribution in [3.05, 3.63) is 72.9 Å². The zero-order chi connectivity index (χ0) is 61.6. The molecule has 2 fully saturated rings. The van der Waals surface area contributed by atoms with Gasteiger partial charge in [0, 0.05) is 6.42 Å². The maximum Gasteiger partial charge on any atom is 0.220 e. The molecule has 85 heavy (non-hydrogen) atoms. The van der Waals surface area contributed by atoms with Crippen molar-refractivity contribution in [3.63, 3.8) is 0 Å². The molecular formula is C71H127NO13. The summed E-state index contributed by atoms with van der Waals surface area (Å²) in [6.45, 7) is 2.70. The van der Waals surface area contributed by atoms with E-state index in [1.165, 1.54) is 180 Å². The van der Waals surface area contributed by atoms with Gasteiger partial charge < -0.3 is 65.1 Å². The van der Waals surface area contributed by atoms with Crippen molar-refractivity contribution >= 4 is 5.91 Å². The zero-order valence-corrected chi connectivity index (χ0v) is 53.6. The topological polar surface area (TPSA) is 228 Å². The van der Waals surface area contributed by atoms with E-state index in [2.05, 4.69) is 79.9 Å². The van der Waals surface area contributed by atoms with Crippen LogP contribution in [0.1, 0.15) is 277 Å². The van der Waals surface area contributed by atoms with E-state index >= 15 is 0 Å². The van der Waals surface area contributed by atoms with Gasteiger partial charge in [-0.1, -0.05) is 279 Å². The van der Waals surface area contributed by atoms with Crippen LogP contribution >= 0.6 is 0 Å². The minimum absolute atomic E-state index is 0.237. The largest absolute Gasteiger partial charge is 0.394 e. The number of carbonyl (C=O) groups is 1. The molecule has 0 spiro atoms. The van der Waals surface area contributed by atoms with Crippen molar-refractivity contribution in [1.82, 2.24) is 5.32 Å². The minimum atomic E-state index is -1.79. The van der Waals surface area contributed by atoms with Gasteiger partial charge in [-0.2, -0.15) is 0 Å². The molecule has 12 unspecified atom stereocenters. The summed E-state index contributed by atoms with van der Waals surface area (Å²) in [5.41, 5.74) is 0. The number of unbranched alkanes of at least 4 members (excludes halogenated alkanes) is 33. The van der Waals surface area contributed by atoms with Crippen molar-refractivity contribution in [1.29, 1.82) is 0 Å². The Kier molecular flexibility index (Phi) is 51.3. The minimum Gasteiger partial charge on any atom is -0.394 e. The predicted octanol–water partition coefficient (Wildman–Crippen LogP) is 13.8. The Hall–Kier alpha value is -2.57. The third-order valence-electron chi connectivity index (χ3n) is 16.6. The Morgan fingerprint density at radius 2 is 0.812 bits per heavy atom. The number of amides is 1. The molecule has 494 valence electrons. The first kappa shape index (κ1) is 78.5. The lowest BCUT2D eigenvalue weighted by Gasteiger charge is -2.46. The van der Waals surface area contributed by atoms with Gasteiger partial charge in [-0.3, -0.25) is 4.79 Å². The number of allylic oxidation sites excluding steroid dienone is 11. The summed E-state index contributed by atoms with van der Waals surface area (Å²) in [6.07, 6.45) is 58.2. The second-order valence-electron chi connectivity index (χ2n) is 24.3.